The topological polar surface area (TPSA) is 69.0 Å². The molecule has 1 N–H and O–H groups in total. The lowest BCUT2D eigenvalue weighted by molar-refractivity contribution is 0.102. The maximum absolute atomic E-state index is 12.8. The number of hydrogen-bond acceptors (Lipinski definition) is 4. The van der Waals surface area contributed by atoms with Gasteiger partial charge in [-0.1, -0.05) is 12.1 Å². The van der Waals surface area contributed by atoms with E-state index in [0.717, 1.165) is 33.8 Å². The van der Waals surface area contributed by atoms with Crippen molar-refractivity contribution in [3.63, 3.8) is 0 Å². The fourth-order valence-corrected chi connectivity index (χ4v) is 3.35. The van der Waals surface area contributed by atoms with Crippen molar-refractivity contribution in [2.45, 2.75) is 20.5 Å². The first-order chi connectivity index (χ1) is 15.0. The molecule has 156 valence electrons. The van der Waals surface area contributed by atoms with E-state index in [1.54, 1.807) is 36.8 Å². The lowest BCUT2D eigenvalue weighted by Gasteiger charge is -2.13. The molecule has 2 heterocycles. The number of nitrogens with one attached hydrogen (secondary N) is 1. The van der Waals surface area contributed by atoms with Gasteiger partial charge in [-0.3, -0.25) is 9.78 Å². The number of rotatable bonds is 6. The molecular formula is C25H24N4O2. The fourth-order valence-electron chi connectivity index (χ4n) is 3.35. The van der Waals surface area contributed by atoms with Gasteiger partial charge in [-0.15, -0.1) is 0 Å². The van der Waals surface area contributed by atoms with Gasteiger partial charge >= 0.3 is 0 Å². The number of aromatic nitrogens is 3. The maximum Gasteiger partial charge on any atom is 0.255 e. The van der Waals surface area contributed by atoms with Crippen LogP contribution in [0.1, 0.15) is 27.2 Å². The van der Waals surface area contributed by atoms with Crippen molar-refractivity contribution in [2.75, 3.05) is 5.32 Å². The molecule has 0 fully saturated rings. The molecule has 0 spiro atoms. The van der Waals surface area contributed by atoms with Gasteiger partial charge in [0.15, 0.2) is 0 Å². The van der Waals surface area contributed by atoms with Crippen molar-refractivity contribution in [3.8, 4) is 17.0 Å². The van der Waals surface area contributed by atoms with Crippen LogP contribution < -0.4 is 10.1 Å². The largest absolute Gasteiger partial charge is 0.487 e. The molecule has 0 saturated carbocycles. The smallest absolute Gasteiger partial charge is 0.255 e. The second-order valence-corrected chi connectivity index (χ2v) is 7.49. The van der Waals surface area contributed by atoms with Gasteiger partial charge in [0.25, 0.3) is 5.91 Å². The number of carbonyl (C=O) groups excluding carboxylic acids is 1. The number of benzene rings is 2. The molecule has 0 aliphatic carbocycles. The van der Waals surface area contributed by atoms with Gasteiger partial charge in [-0.2, -0.15) is 0 Å². The van der Waals surface area contributed by atoms with Gasteiger partial charge in [-0.05, 0) is 67.4 Å². The van der Waals surface area contributed by atoms with Gasteiger partial charge in [0, 0.05) is 36.3 Å². The van der Waals surface area contributed by atoms with Crippen molar-refractivity contribution < 1.29 is 9.53 Å². The zero-order valence-electron chi connectivity index (χ0n) is 17.8. The van der Waals surface area contributed by atoms with E-state index in [1.807, 2.05) is 55.9 Å². The molecule has 1 amide bonds. The minimum absolute atomic E-state index is 0.171. The summed E-state index contributed by atoms with van der Waals surface area (Å²) in [5, 5.41) is 3.02. The van der Waals surface area contributed by atoms with Crippen molar-refractivity contribution >= 4 is 11.6 Å². The summed E-state index contributed by atoms with van der Waals surface area (Å²) in [5.41, 5.74) is 6.17. The molecular weight excluding hydrogens is 388 g/mol. The minimum Gasteiger partial charge on any atom is -0.487 e. The third-order valence-electron chi connectivity index (χ3n) is 5.03. The Morgan fingerprint density at radius 1 is 1.03 bits per heavy atom. The third kappa shape index (κ3) is 4.80. The number of hydrogen-bond donors (Lipinski definition) is 1. The number of imidazole rings is 1. The van der Waals surface area contributed by atoms with Gasteiger partial charge in [0.2, 0.25) is 0 Å². The Morgan fingerprint density at radius 2 is 1.84 bits per heavy atom. The molecule has 0 bridgehead atoms. The van der Waals surface area contributed by atoms with Crippen LogP contribution in [0.4, 0.5) is 5.69 Å². The first-order valence-electron chi connectivity index (χ1n) is 10.0. The summed E-state index contributed by atoms with van der Waals surface area (Å²) in [6.45, 7) is 4.41. The Balaban J connectivity index is 1.46. The molecule has 0 unspecified atom stereocenters. The Morgan fingerprint density at radius 3 is 2.52 bits per heavy atom. The number of anilines is 1. The number of nitrogens with zero attached hydrogens (tertiary/aromatic N) is 3. The van der Waals surface area contributed by atoms with Crippen LogP contribution in [0.3, 0.4) is 0 Å². The summed E-state index contributed by atoms with van der Waals surface area (Å²) in [6.07, 6.45) is 5.47. The monoisotopic (exact) mass is 412 g/mol. The van der Waals surface area contributed by atoms with Crippen LogP contribution in [-0.4, -0.2) is 20.4 Å². The predicted octanol–water partition coefficient (Wildman–Crippen LogP) is 4.93. The Kier molecular flexibility index (Phi) is 5.80. The standard InChI is InChI=1S/C25H24N4O2/c1-17-12-18(2)23(13-22(17)24-14-29(3)16-27-24)28-25(30)19-7-9-21(10-8-19)31-15-20-6-4-5-11-26-20/h4-14,16H,15H2,1-3H3,(H,28,30). The summed E-state index contributed by atoms with van der Waals surface area (Å²) in [7, 11) is 1.94. The first kappa shape index (κ1) is 20.3. The summed E-state index contributed by atoms with van der Waals surface area (Å²) < 4.78 is 7.65. The highest BCUT2D eigenvalue weighted by Gasteiger charge is 2.12. The number of pyridine rings is 1. The van der Waals surface area contributed by atoms with E-state index >= 15 is 0 Å². The Labute approximate surface area is 181 Å². The van der Waals surface area contributed by atoms with Crippen LogP contribution >= 0.6 is 0 Å². The summed E-state index contributed by atoms with van der Waals surface area (Å²) >= 11 is 0. The summed E-state index contributed by atoms with van der Waals surface area (Å²) in [5.74, 6) is 0.515. The van der Waals surface area contributed by atoms with Gasteiger partial charge in [-0.25, -0.2) is 4.98 Å². The molecule has 0 aliphatic heterocycles. The van der Waals surface area contributed by atoms with Crippen LogP contribution in [0, 0.1) is 13.8 Å². The maximum atomic E-state index is 12.8. The molecule has 31 heavy (non-hydrogen) atoms. The number of amides is 1. The molecule has 4 aromatic rings. The molecule has 6 nitrogen and oxygen atoms in total. The highest BCUT2D eigenvalue weighted by molar-refractivity contribution is 6.05. The molecule has 0 aliphatic rings. The quantitative estimate of drug-likeness (QED) is 0.488. The molecule has 2 aromatic carbocycles. The van der Waals surface area contributed by atoms with E-state index in [2.05, 4.69) is 21.4 Å². The average molecular weight is 412 g/mol. The lowest BCUT2D eigenvalue weighted by atomic mass is 10.0. The van der Waals surface area contributed by atoms with Gasteiger partial charge in [0.1, 0.15) is 12.4 Å². The molecule has 0 radical (unpaired) electrons. The molecule has 2 aromatic heterocycles. The number of carbonyl (C=O) groups is 1. The fraction of sp³-hybridized carbons (Fsp3) is 0.160. The van der Waals surface area contributed by atoms with Crippen LogP contribution in [0.25, 0.3) is 11.3 Å². The highest BCUT2D eigenvalue weighted by Crippen LogP contribution is 2.28. The van der Waals surface area contributed by atoms with Crippen molar-refractivity contribution in [3.05, 3.63) is 95.7 Å². The van der Waals surface area contributed by atoms with Crippen molar-refractivity contribution in [1.82, 2.24) is 14.5 Å². The van der Waals surface area contributed by atoms with Crippen LogP contribution in [0.15, 0.2) is 73.3 Å². The van der Waals surface area contributed by atoms with E-state index in [0.29, 0.717) is 17.9 Å². The van der Waals surface area contributed by atoms with E-state index in [4.69, 9.17) is 4.74 Å². The van der Waals surface area contributed by atoms with Gasteiger partial charge < -0.3 is 14.6 Å². The van der Waals surface area contributed by atoms with Crippen LogP contribution in [0.2, 0.25) is 0 Å². The second kappa shape index (κ2) is 8.83. The lowest BCUT2D eigenvalue weighted by Crippen LogP contribution is -2.13. The zero-order chi connectivity index (χ0) is 21.8. The van der Waals surface area contributed by atoms with E-state index in [-0.39, 0.29) is 5.91 Å². The molecule has 4 rings (SSSR count). The SMILES string of the molecule is Cc1cc(C)c(-c2cn(C)cn2)cc1NC(=O)c1ccc(OCc2ccccn2)cc1. The first-order valence-corrected chi connectivity index (χ1v) is 10.0. The summed E-state index contributed by atoms with van der Waals surface area (Å²) in [4.78, 5) is 21.5. The average Bonchev–Trinajstić information content (AvgIpc) is 3.21. The third-order valence-corrected chi connectivity index (χ3v) is 5.03. The molecule has 6 heteroatoms. The number of ether oxygens (including phenoxy) is 1. The van der Waals surface area contributed by atoms with Crippen molar-refractivity contribution in [2.24, 2.45) is 7.05 Å². The minimum atomic E-state index is -0.171. The Bertz CT molecular complexity index is 1200. The molecule has 0 saturated heterocycles. The second-order valence-electron chi connectivity index (χ2n) is 7.49. The van der Waals surface area contributed by atoms with Gasteiger partial charge in [0.05, 0.1) is 17.7 Å². The zero-order valence-corrected chi connectivity index (χ0v) is 17.8. The Hall–Kier alpha value is -3.93. The predicted molar refractivity (Wildman–Crippen MR) is 121 cm³/mol. The van der Waals surface area contributed by atoms with Crippen molar-refractivity contribution in [1.29, 1.82) is 0 Å². The van der Waals surface area contributed by atoms with E-state index < -0.39 is 0 Å². The highest BCUT2D eigenvalue weighted by atomic mass is 16.5. The normalized spacial score (nSPS) is 10.7. The number of aryl methyl sites for hydroxylation is 3. The van der Waals surface area contributed by atoms with E-state index in [1.165, 1.54) is 0 Å². The van der Waals surface area contributed by atoms with Crippen LogP contribution in [0.5, 0.6) is 5.75 Å². The van der Waals surface area contributed by atoms with Crippen LogP contribution in [-0.2, 0) is 13.7 Å². The van der Waals surface area contributed by atoms with E-state index in [9.17, 15) is 4.79 Å². The molecule has 0 atom stereocenters. The summed E-state index contributed by atoms with van der Waals surface area (Å²) in [6, 6.07) is 16.8.